The first kappa shape index (κ1) is 23.5. The minimum atomic E-state index is 0. The lowest BCUT2D eigenvalue weighted by atomic mass is 10.1. The first-order valence-corrected chi connectivity index (χ1v) is 9.07. The fraction of sp³-hybridized carbons (Fsp3) is 0.824. The molecule has 8 nitrogen and oxygen atoms in total. The summed E-state index contributed by atoms with van der Waals surface area (Å²) in [6, 6.07) is 0. The van der Waals surface area contributed by atoms with Crippen molar-refractivity contribution in [3.63, 3.8) is 0 Å². The SMILES string of the molecule is CC.CCC(C)CC(=O)NCCOCCOCCOCc1cn[nH]n1.[HH]. The van der Waals surface area contributed by atoms with Crippen LogP contribution < -0.4 is 5.32 Å². The van der Waals surface area contributed by atoms with Gasteiger partial charge in [0.05, 0.1) is 45.8 Å². The Hall–Kier alpha value is -1.51. The van der Waals surface area contributed by atoms with E-state index in [1.807, 2.05) is 13.8 Å². The highest BCUT2D eigenvalue weighted by Gasteiger charge is 2.05. The summed E-state index contributed by atoms with van der Waals surface area (Å²) >= 11 is 0. The molecule has 0 bridgehead atoms. The van der Waals surface area contributed by atoms with Crippen LogP contribution in [0.3, 0.4) is 0 Å². The first-order chi connectivity index (χ1) is 12.2. The Morgan fingerprint density at radius 3 is 2.44 bits per heavy atom. The van der Waals surface area contributed by atoms with E-state index in [0.29, 0.717) is 58.5 Å². The number of amides is 1. The van der Waals surface area contributed by atoms with Crippen LogP contribution in [0.4, 0.5) is 0 Å². The maximum atomic E-state index is 11.5. The fourth-order valence-electron chi connectivity index (χ4n) is 1.71. The molecule has 0 aliphatic carbocycles. The maximum absolute atomic E-state index is 11.5. The molecule has 0 aliphatic rings. The molecule has 0 radical (unpaired) electrons. The second kappa shape index (κ2) is 17.3. The summed E-state index contributed by atoms with van der Waals surface area (Å²) < 4.78 is 16.1. The lowest BCUT2D eigenvalue weighted by molar-refractivity contribution is -0.122. The molecule has 2 N–H and O–H groups in total. The Morgan fingerprint density at radius 2 is 1.84 bits per heavy atom. The zero-order valence-corrected chi connectivity index (χ0v) is 16.0. The first-order valence-electron chi connectivity index (χ1n) is 9.07. The molecule has 1 aromatic heterocycles. The van der Waals surface area contributed by atoms with Crippen LogP contribution in [0.2, 0.25) is 0 Å². The molecule has 0 aromatic carbocycles. The zero-order valence-electron chi connectivity index (χ0n) is 16.0. The van der Waals surface area contributed by atoms with Crippen LogP contribution in [0.25, 0.3) is 0 Å². The predicted molar refractivity (Wildman–Crippen MR) is 98.2 cm³/mol. The number of rotatable bonds is 14. The number of hydrogen-bond donors (Lipinski definition) is 2. The van der Waals surface area contributed by atoms with Gasteiger partial charge in [0, 0.05) is 14.4 Å². The van der Waals surface area contributed by atoms with Crippen LogP contribution in [0, 0.1) is 5.92 Å². The quantitative estimate of drug-likeness (QED) is 0.493. The van der Waals surface area contributed by atoms with Gasteiger partial charge in [0.25, 0.3) is 0 Å². The van der Waals surface area contributed by atoms with E-state index in [2.05, 4.69) is 34.6 Å². The number of nitrogens with zero attached hydrogens (tertiary/aromatic N) is 2. The number of H-pyrrole nitrogens is 1. The van der Waals surface area contributed by atoms with Gasteiger partial charge in [-0.1, -0.05) is 34.1 Å². The van der Waals surface area contributed by atoms with E-state index in [0.717, 1.165) is 12.1 Å². The molecule has 0 aliphatic heterocycles. The van der Waals surface area contributed by atoms with Crippen molar-refractivity contribution in [2.45, 2.75) is 47.1 Å². The van der Waals surface area contributed by atoms with Gasteiger partial charge < -0.3 is 19.5 Å². The molecular formula is C17H36N4O4. The highest BCUT2D eigenvalue weighted by Crippen LogP contribution is 2.05. The molecule has 1 unspecified atom stereocenters. The third kappa shape index (κ3) is 14.5. The van der Waals surface area contributed by atoms with Gasteiger partial charge in [-0.3, -0.25) is 4.79 Å². The highest BCUT2D eigenvalue weighted by atomic mass is 16.5. The molecule has 148 valence electrons. The van der Waals surface area contributed by atoms with Gasteiger partial charge in [0.15, 0.2) is 0 Å². The van der Waals surface area contributed by atoms with Gasteiger partial charge in [0.1, 0.15) is 5.69 Å². The molecule has 0 saturated heterocycles. The number of carbonyl (C=O) groups is 1. The van der Waals surface area contributed by atoms with Crippen molar-refractivity contribution in [3.05, 3.63) is 11.9 Å². The molecule has 1 heterocycles. The molecule has 0 saturated carbocycles. The highest BCUT2D eigenvalue weighted by molar-refractivity contribution is 5.76. The predicted octanol–water partition coefficient (Wildman–Crippen LogP) is 2.18. The van der Waals surface area contributed by atoms with Gasteiger partial charge in [-0.15, -0.1) is 0 Å². The number of ether oxygens (including phenoxy) is 3. The average Bonchev–Trinajstić information content (AvgIpc) is 3.14. The Morgan fingerprint density at radius 1 is 1.20 bits per heavy atom. The topological polar surface area (TPSA) is 98.4 Å². The Kier molecular flexibility index (Phi) is 16.3. The van der Waals surface area contributed by atoms with Crippen molar-refractivity contribution >= 4 is 5.91 Å². The average molecular weight is 360 g/mol. The van der Waals surface area contributed by atoms with Crippen molar-refractivity contribution in [2.24, 2.45) is 5.92 Å². The van der Waals surface area contributed by atoms with E-state index in [-0.39, 0.29) is 7.33 Å². The van der Waals surface area contributed by atoms with E-state index in [1.54, 1.807) is 6.20 Å². The van der Waals surface area contributed by atoms with Crippen LogP contribution in [0.1, 0.15) is 47.7 Å². The fourth-order valence-corrected chi connectivity index (χ4v) is 1.71. The summed E-state index contributed by atoms with van der Waals surface area (Å²) in [7, 11) is 0. The number of aromatic nitrogens is 3. The van der Waals surface area contributed by atoms with E-state index >= 15 is 0 Å². The van der Waals surface area contributed by atoms with Crippen molar-refractivity contribution in [3.8, 4) is 0 Å². The van der Waals surface area contributed by atoms with Gasteiger partial charge in [-0.05, 0) is 5.92 Å². The Labute approximate surface area is 152 Å². The third-order valence-electron chi connectivity index (χ3n) is 3.26. The van der Waals surface area contributed by atoms with Crippen LogP contribution in [-0.2, 0) is 25.6 Å². The summed E-state index contributed by atoms with van der Waals surface area (Å²) in [4.78, 5) is 11.5. The van der Waals surface area contributed by atoms with Crippen LogP contribution in [0.15, 0.2) is 6.20 Å². The molecule has 1 amide bonds. The molecule has 0 fully saturated rings. The number of hydrogen-bond acceptors (Lipinski definition) is 6. The summed E-state index contributed by atoms with van der Waals surface area (Å²) in [5, 5.41) is 12.9. The smallest absolute Gasteiger partial charge is 0.220 e. The second-order valence-corrected chi connectivity index (χ2v) is 5.31. The van der Waals surface area contributed by atoms with Crippen molar-refractivity contribution in [1.29, 1.82) is 0 Å². The van der Waals surface area contributed by atoms with E-state index in [1.165, 1.54) is 0 Å². The summed E-state index contributed by atoms with van der Waals surface area (Å²) in [6.45, 7) is 11.6. The summed E-state index contributed by atoms with van der Waals surface area (Å²) in [6.07, 6.45) is 3.22. The van der Waals surface area contributed by atoms with Crippen molar-refractivity contribution < 1.29 is 20.4 Å². The van der Waals surface area contributed by atoms with Crippen LogP contribution >= 0.6 is 0 Å². The molecular weight excluding hydrogens is 324 g/mol. The molecule has 1 rings (SSSR count). The van der Waals surface area contributed by atoms with Gasteiger partial charge in [0.2, 0.25) is 5.91 Å². The van der Waals surface area contributed by atoms with Crippen LogP contribution in [-0.4, -0.2) is 60.9 Å². The Bertz CT molecular complexity index is 407. The standard InChI is InChI=1S/C15H28N4O4.C2H6.H2/c1-3-13(2)10-15(20)16-4-5-21-6-7-22-8-9-23-12-14-11-17-19-18-14;1-2;/h11,13H,3-10,12H2,1-2H3,(H,16,20)(H,17,18,19);1-2H3;1H. The molecule has 8 heteroatoms. The van der Waals surface area contributed by atoms with E-state index in [9.17, 15) is 4.79 Å². The lowest BCUT2D eigenvalue weighted by Gasteiger charge is -2.09. The van der Waals surface area contributed by atoms with Crippen molar-refractivity contribution in [1.82, 2.24) is 20.7 Å². The van der Waals surface area contributed by atoms with Gasteiger partial charge in [-0.2, -0.15) is 15.4 Å². The molecule has 25 heavy (non-hydrogen) atoms. The minimum Gasteiger partial charge on any atom is -0.377 e. The van der Waals surface area contributed by atoms with Crippen molar-refractivity contribution in [2.75, 3.05) is 39.6 Å². The van der Waals surface area contributed by atoms with Crippen LogP contribution in [0.5, 0.6) is 0 Å². The molecule has 1 aromatic rings. The van der Waals surface area contributed by atoms with E-state index < -0.39 is 0 Å². The second-order valence-electron chi connectivity index (χ2n) is 5.31. The summed E-state index contributed by atoms with van der Waals surface area (Å²) in [5.41, 5.74) is 0.767. The molecule has 0 spiro atoms. The third-order valence-corrected chi connectivity index (χ3v) is 3.26. The normalized spacial score (nSPS) is 11.5. The lowest BCUT2D eigenvalue weighted by Crippen LogP contribution is -2.28. The zero-order chi connectivity index (χ0) is 18.8. The van der Waals surface area contributed by atoms with E-state index in [4.69, 9.17) is 14.2 Å². The Balaban J connectivity index is 0. The largest absolute Gasteiger partial charge is 0.377 e. The summed E-state index contributed by atoms with van der Waals surface area (Å²) in [5.74, 6) is 0.513. The van der Waals surface area contributed by atoms with Gasteiger partial charge in [-0.25, -0.2) is 0 Å². The van der Waals surface area contributed by atoms with Gasteiger partial charge >= 0.3 is 0 Å². The number of nitrogens with one attached hydrogen (secondary N) is 2. The minimum absolute atomic E-state index is 0. The number of aromatic amines is 1. The maximum Gasteiger partial charge on any atom is 0.220 e. The molecule has 1 atom stereocenters. The monoisotopic (exact) mass is 360 g/mol. The number of carbonyl (C=O) groups excluding carboxylic acids is 1.